The van der Waals surface area contributed by atoms with Crippen molar-refractivity contribution < 1.29 is 18.3 Å². The van der Waals surface area contributed by atoms with Crippen LogP contribution in [0.15, 0.2) is 42.5 Å². The van der Waals surface area contributed by atoms with Crippen LogP contribution in [-0.2, 0) is 16.6 Å². The number of nitrogens with one attached hydrogen (secondary N) is 1. The first-order chi connectivity index (χ1) is 11.9. The Bertz CT molecular complexity index is 892. The van der Waals surface area contributed by atoms with Crippen LogP contribution < -0.4 is 9.62 Å². The lowest BCUT2D eigenvalue weighted by atomic mass is 10.1. The largest absolute Gasteiger partial charge is 0.478 e. The fraction of sp³-hybridized carbons (Fsp3) is 0.278. The van der Waals surface area contributed by atoms with E-state index in [1.807, 2.05) is 25.1 Å². The minimum absolute atomic E-state index is 0.194. The van der Waals surface area contributed by atoms with E-state index in [-0.39, 0.29) is 11.3 Å². The lowest BCUT2D eigenvalue weighted by Crippen LogP contribution is -2.25. The minimum Gasteiger partial charge on any atom is -0.478 e. The molecule has 0 spiro atoms. The van der Waals surface area contributed by atoms with Crippen molar-refractivity contribution >= 4 is 27.4 Å². The zero-order valence-corrected chi connectivity index (χ0v) is 14.7. The Kier molecular flexibility index (Phi) is 4.67. The number of anilines is 2. The van der Waals surface area contributed by atoms with E-state index in [2.05, 4.69) is 5.32 Å². The Balaban J connectivity index is 1.75. The van der Waals surface area contributed by atoms with E-state index in [4.69, 9.17) is 5.11 Å². The van der Waals surface area contributed by atoms with Gasteiger partial charge in [-0.1, -0.05) is 18.2 Å². The van der Waals surface area contributed by atoms with Crippen LogP contribution in [0.2, 0.25) is 0 Å². The molecule has 0 amide bonds. The standard InChI is InChI=1S/C18H20N2O4S/c1-13-3-8-16(11-17(13)20-9-2-10-25(20,23)24)19-12-14-4-6-15(7-5-14)18(21)22/h3-8,11,19H,2,9-10,12H2,1H3,(H,21,22). The highest BCUT2D eigenvalue weighted by atomic mass is 32.2. The molecule has 1 aliphatic heterocycles. The number of hydrogen-bond acceptors (Lipinski definition) is 4. The van der Waals surface area contributed by atoms with Crippen molar-refractivity contribution in [1.82, 2.24) is 0 Å². The number of carboxylic acids is 1. The Hall–Kier alpha value is -2.54. The summed E-state index contributed by atoms with van der Waals surface area (Å²) in [5, 5.41) is 12.2. The fourth-order valence-corrected chi connectivity index (χ4v) is 4.49. The van der Waals surface area contributed by atoms with Crippen molar-refractivity contribution in [3.05, 3.63) is 59.2 Å². The summed E-state index contributed by atoms with van der Waals surface area (Å²) in [7, 11) is -3.21. The first kappa shape index (κ1) is 17.3. The average Bonchev–Trinajstić information content (AvgIpc) is 2.93. The zero-order chi connectivity index (χ0) is 18.0. The summed E-state index contributed by atoms with van der Waals surface area (Å²) in [5.74, 6) is -0.755. The molecule has 0 saturated carbocycles. The number of nitrogens with zero attached hydrogens (tertiary/aromatic N) is 1. The molecular formula is C18H20N2O4S. The first-order valence-corrected chi connectivity index (χ1v) is 9.65. The van der Waals surface area contributed by atoms with Crippen LogP contribution in [0.25, 0.3) is 0 Å². The monoisotopic (exact) mass is 360 g/mol. The molecule has 0 bridgehead atoms. The highest BCUT2D eigenvalue weighted by Gasteiger charge is 2.29. The Labute approximate surface area is 147 Å². The maximum atomic E-state index is 12.1. The quantitative estimate of drug-likeness (QED) is 0.856. The van der Waals surface area contributed by atoms with Crippen molar-refractivity contribution in [2.45, 2.75) is 19.9 Å². The molecule has 1 heterocycles. The van der Waals surface area contributed by atoms with E-state index in [9.17, 15) is 13.2 Å². The van der Waals surface area contributed by atoms with Gasteiger partial charge in [0.25, 0.3) is 0 Å². The van der Waals surface area contributed by atoms with E-state index in [1.54, 1.807) is 24.3 Å². The molecule has 0 atom stereocenters. The number of aromatic carboxylic acids is 1. The molecule has 0 aromatic heterocycles. The van der Waals surface area contributed by atoms with E-state index in [0.29, 0.717) is 25.2 Å². The van der Waals surface area contributed by atoms with Gasteiger partial charge in [-0.3, -0.25) is 4.31 Å². The van der Waals surface area contributed by atoms with Gasteiger partial charge in [-0.15, -0.1) is 0 Å². The van der Waals surface area contributed by atoms with Crippen molar-refractivity contribution in [1.29, 1.82) is 0 Å². The number of carbonyl (C=O) groups is 1. The Morgan fingerprint density at radius 1 is 1.20 bits per heavy atom. The van der Waals surface area contributed by atoms with Crippen LogP contribution in [0.3, 0.4) is 0 Å². The normalized spacial score (nSPS) is 16.0. The van der Waals surface area contributed by atoms with Gasteiger partial charge in [0.15, 0.2) is 0 Å². The summed E-state index contributed by atoms with van der Waals surface area (Å²) in [4.78, 5) is 10.9. The van der Waals surface area contributed by atoms with E-state index < -0.39 is 16.0 Å². The molecule has 7 heteroatoms. The average molecular weight is 360 g/mol. The van der Waals surface area contributed by atoms with Gasteiger partial charge in [-0.2, -0.15) is 0 Å². The van der Waals surface area contributed by atoms with Crippen molar-refractivity contribution in [2.24, 2.45) is 0 Å². The molecule has 132 valence electrons. The molecule has 2 aromatic rings. The zero-order valence-electron chi connectivity index (χ0n) is 13.9. The molecule has 0 aliphatic carbocycles. The predicted octanol–water partition coefficient (Wildman–Crippen LogP) is 2.85. The van der Waals surface area contributed by atoms with Crippen molar-refractivity contribution in [2.75, 3.05) is 21.9 Å². The molecular weight excluding hydrogens is 340 g/mol. The summed E-state index contributed by atoms with van der Waals surface area (Å²) in [6.45, 7) is 2.94. The van der Waals surface area contributed by atoms with Crippen LogP contribution in [0.1, 0.15) is 27.9 Å². The Morgan fingerprint density at radius 2 is 1.92 bits per heavy atom. The molecule has 0 radical (unpaired) electrons. The van der Waals surface area contributed by atoms with E-state index in [1.165, 1.54) is 4.31 Å². The van der Waals surface area contributed by atoms with Gasteiger partial charge in [0.1, 0.15) is 0 Å². The Morgan fingerprint density at radius 3 is 2.52 bits per heavy atom. The summed E-state index contributed by atoms with van der Waals surface area (Å²) in [5.41, 5.74) is 3.65. The van der Waals surface area contributed by atoms with E-state index in [0.717, 1.165) is 16.8 Å². The third-order valence-corrected chi connectivity index (χ3v) is 6.13. The van der Waals surface area contributed by atoms with Gasteiger partial charge in [-0.05, 0) is 48.7 Å². The summed E-state index contributed by atoms with van der Waals surface area (Å²) >= 11 is 0. The highest BCUT2D eigenvalue weighted by Crippen LogP contribution is 2.30. The molecule has 25 heavy (non-hydrogen) atoms. The third-order valence-electron chi connectivity index (χ3n) is 4.27. The van der Waals surface area contributed by atoms with Gasteiger partial charge in [-0.25, -0.2) is 13.2 Å². The van der Waals surface area contributed by atoms with Crippen molar-refractivity contribution in [3.63, 3.8) is 0 Å². The van der Waals surface area contributed by atoms with Crippen LogP contribution in [0, 0.1) is 6.92 Å². The van der Waals surface area contributed by atoms with Gasteiger partial charge >= 0.3 is 5.97 Å². The highest BCUT2D eigenvalue weighted by molar-refractivity contribution is 7.93. The number of aryl methyl sites for hydroxylation is 1. The van der Waals surface area contributed by atoms with Crippen LogP contribution >= 0.6 is 0 Å². The molecule has 6 nitrogen and oxygen atoms in total. The van der Waals surface area contributed by atoms with Gasteiger partial charge in [0.2, 0.25) is 10.0 Å². The summed E-state index contributed by atoms with van der Waals surface area (Å²) < 4.78 is 25.8. The lowest BCUT2D eigenvalue weighted by molar-refractivity contribution is 0.0697. The molecule has 1 saturated heterocycles. The second-order valence-corrected chi connectivity index (χ2v) is 8.11. The lowest BCUT2D eigenvalue weighted by Gasteiger charge is -2.20. The van der Waals surface area contributed by atoms with Gasteiger partial charge in [0.05, 0.1) is 17.0 Å². The maximum absolute atomic E-state index is 12.1. The summed E-state index contributed by atoms with van der Waals surface area (Å²) in [6, 6.07) is 12.3. The molecule has 2 N–H and O–H groups in total. The number of benzene rings is 2. The SMILES string of the molecule is Cc1ccc(NCc2ccc(C(=O)O)cc2)cc1N1CCCS1(=O)=O. The topological polar surface area (TPSA) is 86.7 Å². The van der Waals surface area contributed by atoms with Crippen LogP contribution in [0.5, 0.6) is 0 Å². The van der Waals surface area contributed by atoms with Crippen molar-refractivity contribution in [3.8, 4) is 0 Å². The van der Waals surface area contributed by atoms with Crippen LogP contribution in [0.4, 0.5) is 11.4 Å². The smallest absolute Gasteiger partial charge is 0.335 e. The molecule has 1 aliphatic rings. The number of hydrogen-bond donors (Lipinski definition) is 2. The minimum atomic E-state index is -3.21. The fourth-order valence-electron chi connectivity index (χ4n) is 2.87. The first-order valence-electron chi connectivity index (χ1n) is 8.04. The predicted molar refractivity (Wildman–Crippen MR) is 97.7 cm³/mol. The second kappa shape index (κ2) is 6.76. The van der Waals surface area contributed by atoms with E-state index >= 15 is 0 Å². The molecule has 1 fully saturated rings. The third kappa shape index (κ3) is 3.76. The maximum Gasteiger partial charge on any atom is 0.335 e. The number of rotatable bonds is 5. The summed E-state index contributed by atoms with van der Waals surface area (Å²) in [6.07, 6.45) is 0.648. The van der Waals surface area contributed by atoms with Crippen LogP contribution in [-0.4, -0.2) is 31.8 Å². The number of carboxylic acid groups (broad SMARTS) is 1. The molecule has 3 rings (SSSR count). The molecule has 2 aromatic carbocycles. The van der Waals surface area contributed by atoms with Gasteiger partial charge in [0, 0.05) is 18.8 Å². The molecule has 0 unspecified atom stereocenters. The van der Waals surface area contributed by atoms with Gasteiger partial charge < -0.3 is 10.4 Å². The number of sulfonamides is 1. The second-order valence-electron chi connectivity index (χ2n) is 6.10.